The summed E-state index contributed by atoms with van der Waals surface area (Å²) in [5.74, 6) is -0.988. The third kappa shape index (κ3) is 4.31. The summed E-state index contributed by atoms with van der Waals surface area (Å²) in [6.07, 6.45) is 1.43. The van der Waals surface area contributed by atoms with Crippen molar-refractivity contribution in [3.63, 3.8) is 0 Å². The Morgan fingerprint density at radius 2 is 1.88 bits per heavy atom. The van der Waals surface area contributed by atoms with Crippen LogP contribution >= 0.6 is 0 Å². The van der Waals surface area contributed by atoms with Crippen molar-refractivity contribution in [1.82, 2.24) is 0 Å². The Labute approximate surface area is 140 Å². The molecule has 1 N–H and O–H groups in total. The Kier molecular flexibility index (Phi) is 5.48. The number of hydrogen-bond donors (Lipinski definition) is 1. The zero-order chi connectivity index (χ0) is 17.5. The molecular weight excluding hydrogens is 304 g/mol. The molecular formula is C19H16N2O3. The van der Waals surface area contributed by atoms with Crippen LogP contribution in [0.4, 0.5) is 5.69 Å². The summed E-state index contributed by atoms with van der Waals surface area (Å²) in [6, 6.07) is 15.6. The Balaban J connectivity index is 2.22. The van der Waals surface area contributed by atoms with Gasteiger partial charge >= 0.3 is 5.97 Å². The number of ether oxygens (including phenoxy) is 1. The lowest BCUT2D eigenvalue weighted by atomic mass is 10.1. The van der Waals surface area contributed by atoms with Crippen LogP contribution in [0.2, 0.25) is 0 Å². The zero-order valence-corrected chi connectivity index (χ0v) is 13.4. The van der Waals surface area contributed by atoms with Crippen molar-refractivity contribution in [2.75, 3.05) is 12.4 Å². The van der Waals surface area contributed by atoms with Gasteiger partial charge in [-0.25, -0.2) is 4.79 Å². The number of esters is 1. The van der Waals surface area contributed by atoms with E-state index in [2.05, 4.69) is 10.1 Å². The highest BCUT2D eigenvalue weighted by molar-refractivity contribution is 6.09. The topological polar surface area (TPSA) is 79.2 Å². The molecule has 5 heteroatoms. The van der Waals surface area contributed by atoms with Gasteiger partial charge in [0.1, 0.15) is 11.6 Å². The number of hydrogen-bond acceptors (Lipinski definition) is 4. The van der Waals surface area contributed by atoms with Crippen molar-refractivity contribution in [3.05, 3.63) is 70.8 Å². The van der Waals surface area contributed by atoms with Crippen LogP contribution in [-0.4, -0.2) is 19.0 Å². The van der Waals surface area contributed by atoms with Gasteiger partial charge in [-0.2, -0.15) is 5.26 Å². The number of anilines is 1. The summed E-state index contributed by atoms with van der Waals surface area (Å²) in [7, 11) is 1.29. The van der Waals surface area contributed by atoms with Crippen LogP contribution in [-0.2, 0) is 9.53 Å². The molecule has 0 aliphatic carbocycles. The van der Waals surface area contributed by atoms with E-state index in [4.69, 9.17) is 0 Å². The molecule has 0 unspecified atom stereocenters. The molecule has 2 rings (SSSR count). The van der Waals surface area contributed by atoms with E-state index in [1.807, 2.05) is 25.1 Å². The van der Waals surface area contributed by atoms with Gasteiger partial charge in [0, 0.05) is 5.69 Å². The second kappa shape index (κ2) is 7.75. The molecule has 0 aliphatic rings. The number of benzene rings is 2. The molecule has 0 fully saturated rings. The number of aryl methyl sites for hydroxylation is 1. The van der Waals surface area contributed by atoms with E-state index in [1.54, 1.807) is 36.4 Å². The molecule has 0 aliphatic heterocycles. The third-order valence-corrected chi connectivity index (χ3v) is 3.29. The highest BCUT2D eigenvalue weighted by atomic mass is 16.5. The normalized spacial score (nSPS) is 10.6. The lowest BCUT2D eigenvalue weighted by molar-refractivity contribution is -0.112. The molecule has 5 nitrogen and oxygen atoms in total. The van der Waals surface area contributed by atoms with Gasteiger partial charge in [0.15, 0.2) is 0 Å². The highest BCUT2D eigenvalue weighted by Crippen LogP contribution is 2.14. The molecule has 1 amide bonds. The smallest absolute Gasteiger partial charge is 0.337 e. The van der Waals surface area contributed by atoms with E-state index >= 15 is 0 Å². The standard InChI is InChI=1S/C19H16N2O3/c1-13-6-8-17(9-7-13)21-18(22)16(12-20)11-14-4-3-5-15(10-14)19(23)24-2/h3-11H,1-2H3,(H,21,22)/b16-11+. The number of amides is 1. The molecule has 0 atom stereocenters. The maximum absolute atomic E-state index is 12.2. The molecule has 0 heterocycles. The van der Waals surface area contributed by atoms with E-state index in [0.717, 1.165) is 5.56 Å². The largest absolute Gasteiger partial charge is 0.465 e. The van der Waals surface area contributed by atoms with Crippen LogP contribution in [0.1, 0.15) is 21.5 Å². The first-order chi connectivity index (χ1) is 11.5. The van der Waals surface area contributed by atoms with Crippen LogP contribution in [0.15, 0.2) is 54.1 Å². The van der Waals surface area contributed by atoms with Crippen LogP contribution < -0.4 is 5.32 Å². The molecule has 0 aromatic heterocycles. The Bertz CT molecular complexity index is 830. The molecule has 0 spiro atoms. The number of methoxy groups -OCH3 is 1. The molecule has 0 bridgehead atoms. The van der Waals surface area contributed by atoms with Gasteiger partial charge in [0.2, 0.25) is 0 Å². The van der Waals surface area contributed by atoms with Gasteiger partial charge in [-0.05, 0) is 42.8 Å². The average Bonchev–Trinajstić information content (AvgIpc) is 2.61. The molecule has 2 aromatic carbocycles. The van der Waals surface area contributed by atoms with Crippen LogP contribution in [0.25, 0.3) is 6.08 Å². The fraction of sp³-hybridized carbons (Fsp3) is 0.105. The summed E-state index contributed by atoms with van der Waals surface area (Å²) in [5.41, 5.74) is 2.53. The van der Waals surface area contributed by atoms with Gasteiger partial charge in [0.05, 0.1) is 12.7 Å². The number of nitriles is 1. The summed E-state index contributed by atoms with van der Waals surface area (Å²) in [5, 5.41) is 11.9. The molecule has 120 valence electrons. The summed E-state index contributed by atoms with van der Waals surface area (Å²) in [6.45, 7) is 1.94. The van der Waals surface area contributed by atoms with Crippen LogP contribution in [0, 0.1) is 18.3 Å². The number of nitrogens with zero attached hydrogens (tertiary/aromatic N) is 1. The van der Waals surface area contributed by atoms with E-state index in [9.17, 15) is 14.9 Å². The lowest BCUT2D eigenvalue weighted by Gasteiger charge is -2.05. The van der Waals surface area contributed by atoms with Crippen molar-refractivity contribution in [2.45, 2.75) is 6.92 Å². The lowest BCUT2D eigenvalue weighted by Crippen LogP contribution is -2.13. The average molecular weight is 320 g/mol. The van der Waals surface area contributed by atoms with Gasteiger partial charge in [-0.1, -0.05) is 29.8 Å². The summed E-state index contributed by atoms with van der Waals surface area (Å²) >= 11 is 0. The number of carbonyl (C=O) groups is 2. The van der Waals surface area contributed by atoms with Crippen LogP contribution in [0.3, 0.4) is 0 Å². The second-order valence-electron chi connectivity index (χ2n) is 5.11. The quantitative estimate of drug-likeness (QED) is 0.532. The van der Waals surface area contributed by atoms with Crippen molar-refractivity contribution in [1.29, 1.82) is 5.26 Å². The van der Waals surface area contributed by atoms with E-state index in [-0.39, 0.29) is 5.57 Å². The maximum Gasteiger partial charge on any atom is 0.337 e. The van der Waals surface area contributed by atoms with E-state index in [0.29, 0.717) is 16.8 Å². The predicted molar refractivity (Wildman–Crippen MR) is 91.2 cm³/mol. The minimum Gasteiger partial charge on any atom is -0.465 e. The van der Waals surface area contributed by atoms with E-state index in [1.165, 1.54) is 13.2 Å². The second-order valence-corrected chi connectivity index (χ2v) is 5.11. The first-order valence-corrected chi connectivity index (χ1v) is 7.21. The molecule has 2 aromatic rings. The SMILES string of the molecule is COC(=O)c1cccc(/C=C(\C#N)C(=O)Nc2ccc(C)cc2)c1. The highest BCUT2D eigenvalue weighted by Gasteiger charge is 2.11. The fourth-order valence-electron chi connectivity index (χ4n) is 2.02. The van der Waals surface area contributed by atoms with Gasteiger partial charge < -0.3 is 10.1 Å². The number of carbonyl (C=O) groups excluding carboxylic acids is 2. The molecule has 0 saturated carbocycles. The summed E-state index contributed by atoms with van der Waals surface area (Å²) in [4.78, 5) is 23.8. The van der Waals surface area contributed by atoms with Crippen molar-refractivity contribution in [2.24, 2.45) is 0 Å². The maximum atomic E-state index is 12.2. The van der Waals surface area contributed by atoms with Gasteiger partial charge in [-0.3, -0.25) is 4.79 Å². The third-order valence-electron chi connectivity index (χ3n) is 3.29. The van der Waals surface area contributed by atoms with Crippen molar-refractivity contribution >= 4 is 23.6 Å². The summed E-state index contributed by atoms with van der Waals surface area (Å²) < 4.78 is 4.65. The molecule has 0 saturated heterocycles. The first kappa shape index (κ1) is 17.0. The monoisotopic (exact) mass is 320 g/mol. The Morgan fingerprint density at radius 1 is 1.17 bits per heavy atom. The number of rotatable bonds is 4. The van der Waals surface area contributed by atoms with Crippen molar-refractivity contribution < 1.29 is 14.3 Å². The minimum absolute atomic E-state index is 0.0578. The minimum atomic E-state index is -0.509. The van der Waals surface area contributed by atoms with Gasteiger partial charge in [-0.15, -0.1) is 0 Å². The zero-order valence-electron chi connectivity index (χ0n) is 13.4. The Morgan fingerprint density at radius 3 is 2.50 bits per heavy atom. The fourth-order valence-corrected chi connectivity index (χ4v) is 2.02. The van der Waals surface area contributed by atoms with Gasteiger partial charge in [0.25, 0.3) is 5.91 Å². The first-order valence-electron chi connectivity index (χ1n) is 7.21. The van der Waals surface area contributed by atoms with Crippen molar-refractivity contribution in [3.8, 4) is 6.07 Å². The molecule has 0 radical (unpaired) electrons. The van der Waals surface area contributed by atoms with E-state index < -0.39 is 11.9 Å². The predicted octanol–water partition coefficient (Wildman–Crippen LogP) is 3.33. The Hall–Kier alpha value is -3.39. The molecule has 24 heavy (non-hydrogen) atoms. The number of nitrogens with one attached hydrogen (secondary N) is 1. The van der Waals surface area contributed by atoms with Crippen LogP contribution in [0.5, 0.6) is 0 Å².